The molecule has 1 aliphatic carbocycles. The molecule has 1 aromatic heterocycles. The number of benzene rings is 5. The fourth-order valence-corrected chi connectivity index (χ4v) is 7.51. The first-order valence-corrected chi connectivity index (χ1v) is 18.4. The van der Waals surface area contributed by atoms with Gasteiger partial charge >= 0.3 is 0 Å². The molecule has 2 atom stereocenters. The predicted octanol–water partition coefficient (Wildman–Crippen LogP) is 9.73. The summed E-state index contributed by atoms with van der Waals surface area (Å²) in [4.78, 5) is 15.1. The zero-order valence-corrected chi connectivity index (χ0v) is 29.4. The number of nitrogens with one attached hydrogen (secondary N) is 3. The van der Waals surface area contributed by atoms with Crippen LogP contribution in [0.4, 0.5) is 5.69 Å². The normalized spacial score (nSPS) is 18.4. The summed E-state index contributed by atoms with van der Waals surface area (Å²) in [5.74, 6) is 1.54. The molecule has 0 radical (unpaired) electrons. The van der Waals surface area contributed by atoms with Crippen LogP contribution in [0.15, 0.2) is 185 Å². The van der Waals surface area contributed by atoms with Crippen molar-refractivity contribution in [2.45, 2.75) is 12.2 Å². The number of nitrogens with zero attached hydrogens (tertiary/aromatic N) is 3. The summed E-state index contributed by atoms with van der Waals surface area (Å²) in [6.45, 7) is 0.823. The van der Waals surface area contributed by atoms with Crippen LogP contribution in [0.3, 0.4) is 0 Å². The summed E-state index contributed by atoms with van der Waals surface area (Å²) in [7, 11) is 0. The lowest BCUT2D eigenvalue weighted by Gasteiger charge is -2.27. The summed E-state index contributed by atoms with van der Waals surface area (Å²) < 4.78 is 0. The Morgan fingerprint density at radius 1 is 0.630 bits per heavy atom. The average molecular weight is 697 g/mol. The van der Waals surface area contributed by atoms with Gasteiger partial charge in [0.15, 0.2) is 5.84 Å². The van der Waals surface area contributed by atoms with E-state index in [-0.39, 0.29) is 12.2 Å². The van der Waals surface area contributed by atoms with E-state index < -0.39 is 0 Å². The van der Waals surface area contributed by atoms with Gasteiger partial charge in [-0.25, -0.2) is 15.0 Å². The van der Waals surface area contributed by atoms with Crippen molar-refractivity contribution in [1.82, 2.24) is 15.6 Å². The lowest BCUT2D eigenvalue weighted by atomic mass is 9.90. The van der Waals surface area contributed by atoms with Gasteiger partial charge in [0, 0.05) is 34.3 Å². The molecule has 4 aliphatic rings. The number of aromatic nitrogens is 1. The highest BCUT2D eigenvalue weighted by molar-refractivity contribution is 6.13. The summed E-state index contributed by atoms with van der Waals surface area (Å²) >= 11 is 0. The number of dihydropyridines is 1. The van der Waals surface area contributed by atoms with Gasteiger partial charge in [0.2, 0.25) is 0 Å². The Balaban J connectivity index is 0.894. The highest BCUT2D eigenvalue weighted by atomic mass is 15.2. The molecule has 3 aliphatic heterocycles. The minimum Gasteiger partial charge on any atom is -0.381 e. The number of amidine groups is 2. The van der Waals surface area contributed by atoms with Crippen molar-refractivity contribution in [1.29, 1.82) is 0 Å². The fourth-order valence-electron chi connectivity index (χ4n) is 7.51. The first kappa shape index (κ1) is 31.7. The second-order valence-corrected chi connectivity index (χ2v) is 13.8. The van der Waals surface area contributed by atoms with E-state index in [0.717, 1.165) is 79.6 Å². The SMILES string of the molecule is C1=Cc2cccc(-c3ccc4ccc(C5=CC=C6C=CC(c7ccc(C8N=C(c9ccccc9)N=C(c9ccccc9)N8)cc7)=CC6N5)cc4n3)c2NC1. The predicted molar refractivity (Wildman–Crippen MR) is 223 cm³/mol. The number of rotatable bonds is 6. The maximum absolute atomic E-state index is 5.15. The van der Waals surface area contributed by atoms with Crippen molar-refractivity contribution in [3.8, 4) is 11.3 Å². The number of pyridine rings is 1. The van der Waals surface area contributed by atoms with E-state index >= 15 is 0 Å². The minimum absolute atomic E-state index is 0.0531. The van der Waals surface area contributed by atoms with Crippen molar-refractivity contribution in [3.05, 3.63) is 209 Å². The van der Waals surface area contributed by atoms with Gasteiger partial charge in [-0.15, -0.1) is 0 Å². The summed E-state index contributed by atoms with van der Waals surface area (Å²) in [5.41, 5.74) is 14.3. The van der Waals surface area contributed by atoms with Gasteiger partial charge in [-0.05, 0) is 51.6 Å². The number of para-hydroxylation sites is 1. The lowest BCUT2D eigenvalue weighted by molar-refractivity contribution is 0.674. The molecule has 0 saturated heterocycles. The largest absolute Gasteiger partial charge is 0.381 e. The maximum atomic E-state index is 5.15. The van der Waals surface area contributed by atoms with E-state index in [1.54, 1.807) is 0 Å². The highest BCUT2D eigenvalue weighted by Gasteiger charge is 2.23. The van der Waals surface area contributed by atoms with Crippen LogP contribution >= 0.6 is 0 Å². The van der Waals surface area contributed by atoms with E-state index in [0.29, 0.717) is 0 Å². The van der Waals surface area contributed by atoms with Gasteiger partial charge < -0.3 is 16.0 Å². The molecular formula is C48H36N6. The zero-order valence-electron chi connectivity index (χ0n) is 29.4. The number of fused-ring (bicyclic) bond motifs is 3. The molecule has 5 aromatic carbocycles. The molecule has 2 unspecified atom stereocenters. The smallest absolute Gasteiger partial charge is 0.159 e. The van der Waals surface area contributed by atoms with Crippen LogP contribution in [0.5, 0.6) is 0 Å². The lowest BCUT2D eigenvalue weighted by Crippen LogP contribution is -2.33. The molecule has 0 spiro atoms. The van der Waals surface area contributed by atoms with Crippen molar-refractivity contribution >= 4 is 45.6 Å². The minimum atomic E-state index is -0.264. The molecule has 0 amide bonds. The average Bonchev–Trinajstić information content (AvgIpc) is 3.26. The van der Waals surface area contributed by atoms with Crippen molar-refractivity contribution in [2.75, 3.05) is 11.9 Å². The van der Waals surface area contributed by atoms with Gasteiger partial charge in [-0.1, -0.05) is 158 Å². The van der Waals surface area contributed by atoms with Crippen LogP contribution in [0.25, 0.3) is 39.5 Å². The van der Waals surface area contributed by atoms with Gasteiger partial charge in [-0.2, -0.15) is 0 Å². The van der Waals surface area contributed by atoms with Gasteiger partial charge in [0.25, 0.3) is 0 Å². The Bertz CT molecular complexity index is 2640. The molecule has 3 N–H and O–H groups in total. The summed E-state index contributed by atoms with van der Waals surface area (Å²) in [6.07, 6.45) is 15.2. The van der Waals surface area contributed by atoms with Crippen LogP contribution in [0, 0.1) is 0 Å². The number of anilines is 1. The third-order valence-corrected chi connectivity index (χ3v) is 10.4. The standard InChI is InChI=1S/C48H36N6/c1-3-9-35(10-4-1)46-52-47(36-11-5-2-6-12-36)54-48(53-46)37-20-16-31(17-21-37)38-22-18-32-24-26-41(50-43(32)29-38)39-23-19-33-25-27-42(51-44(33)30-39)40-15-7-13-34-14-8-28-49-45(34)40/h1-27,29-30,43,48-50H,28H2,(H,52,53,54). The number of aliphatic imine (C=N–C) groups is 2. The Kier molecular flexibility index (Phi) is 7.91. The Labute approximate surface area is 314 Å². The third-order valence-electron chi connectivity index (χ3n) is 10.4. The van der Waals surface area contributed by atoms with E-state index in [4.69, 9.17) is 15.0 Å². The second kappa shape index (κ2) is 13.5. The molecular weight excluding hydrogens is 661 g/mol. The maximum Gasteiger partial charge on any atom is 0.159 e. The molecule has 6 nitrogen and oxygen atoms in total. The molecule has 258 valence electrons. The third kappa shape index (κ3) is 6.03. The molecule has 54 heavy (non-hydrogen) atoms. The van der Waals surface area contributed by atoms with E-state index in [1.165, 1.54) is 16.7 Å². The number of hydrogen-bond acceptors (Lipinski definition) is 6. The van der Waals surface area contributed by atoms with Gasteiger partial charge in [0.05, 0.1) is 22.9 Å². The van der Waals surface area contributed by atoms with Crippen LogP contribution < -0.4 is 16.0 Å². The van der Waals surface area contributed by atoms with E-state index in [1.807, 2.05) is 36.4 Å². The first-order valence-electron chi connectivity index (χ1n) is 18.4. The Morgan fingerprint density at radius 3 is 2.28 bits per heavy atom. The van der Waals surface area contributed by atoms with Gasteiger partial charge in [-0.3, -0.25) is 0 Å². The van der Waals surface area contributed by atoms with Crippen LogP contribution in [0.2, 0.25) is 0 Å². The molecule has 0 bridgehead atoms. The van der Waals surface area contributed by atoms with Crippen molar-refractivity contribution in [3.63, 3.8) is 0 Å². The topological polar surface area (TPSA) is 73.7 Å². The van der Waals surface area contributed by atoms with Crippen molar-refractivity contribution < 1.29 is 0 Å². The van der Waals surface area contributed by atoms with Crippen LogP contribution in [-0.4, -0.2) is 29.2 Å². The van der Waals surface area contributed by atoms with Crippen molar-refractivity contribution in [2.24, 2.45) is 9.98 Å². The number of hydrogen-bond donors (Lipinski definition) is 3. The number of allylic oxidation sites excluding steroid dienone is 4. The fraction of sp³-hybridized carbons (Fsp3) is 0.0625. The highest BCUT2D eigenvalue weighted by Crippen LogP contribution is 2.35. The molecule has 0 saturated carbocycles. The molecule has 6 heteroatoms. The summed E-state index contributed by atoms with van der Waals surface area (Å²) in [5, 5.41) is 12.0. The second-order valence-electron chi connectivity index (χ2n) is 13.8. The molecule has 4 heterocycles. The zero-order chi connectivity index (χ0) is 35.8. The molecule has 0 fully saturated rings. The van der Waals surface area contributed by atoms with Crippen LogP contribution in [0.1, 0.15) is 39.5 Å². The molecule has 6 aromatic rings. The van der Waals surface area contributed by atoms with E-state index in [2.05, 4.69) is 156 Å². The van der Waals surface area contributed by atoms with Crippen LogP contribution in [-0.2, 0) is 0 Å². The Morgan fingerprint density at radius 2 is 1.43 bits per heavy atom. The first-order chi connectivity index (χ1) is 26.7. The Hall–Kier alpha value is -7.05. The van der Waals surface area contributed by atoms with Gasteiger partial charge in [0.1, 0.15) is 12.0 Å². The summed E-state index contributed by atoms with van der Waals surface area (Å²) in [6, 6.07) is 46.4. The van der Waals surface area contributed by atoms with E-state index in [9.17, 15) is 0 Å². The monoisotopic (exact) mass is 696 g/mol. The molecule has 10 rings (SSSR count). The quantitative estimate of drug-likeness (QED) is 0.162.